The van der Waals surface area contributed by atoms with E-state index in [0.717, 1.165) is 23.9 Å². The van der Waals surface area contributed by atoms with E-state index in [9.17, 15) is 4.79 Å². The SMILES string of the molecule is CNCc1cc(=O)[nH]c(CC2CC2)n1. The maximum Gasteiger partial charge on any atom is 0.251 e. The molecule has 1 aromatic rings. The highest BCUT2D eigenvalue weighted by Crippen LogP contribution is 2.31. The minimum atomic E-state index is -0.0408. The normalized spacial score (nSPS) is 15.8. The molecule has 14 heavy (non-hydrogen) atoms. The van der Waals surface area contributed by atoms with Crippen LogP contribution in [0.2, 0.25) is 0 Å². The fourth-order valence-corrected chi connectivity index (χ4v) is 1.53. The van der Waals surface area contributed by atoms with E-state index in [1.54, 1.807) is 6.07 Å². The number of nitrogens with zero attached hydrogens (tertiary/aromatic N) is 1. The standard InChI is InChI=1S/C10H15N3O/c1-11-6-8-5-10(14)13-9(12-8)4-7-2-3-7/h5,7,11H,2-4,6H2,1H3,(H,12,13,14). The molecule has 1 aliphatic rings. The molecule has 0 spiro atoms. The van der Waals surface area contributed by atoms with Gasteiger partial charge in [0.15, 0.2) is 0 Å². The summed E-state index contributed by atoms with van der Waals surface area (Å²) in [6, 6.07) is 1.55. The summed E-state index contributed by atoms with van der Waals surface area (Å²) in [5.41, 5.74) is 0.785. The highest BCUT2D eigenvalue weighted by Gasteiger charge is 2.22. The summed E-state index contributed by atoms with van der Waals surface area (Å²) >= 11 is 0. The monoisotopic (exact) mass is 193 g/mol. The molecule has 0 aromatic carbocycles. The second-order valence-electron chi connectivity index (χ2n) is 3.86. The predicted molar refractivity (Wildman–Crippen MR) is 54.0 cm³/mol. The first kappa shape index (κ1) is 9.40. The van der Waals surface area contributed by atoms with Crippen molar-refractivity contribution in [2.75, 3.05) is 7.05 Å². The van der Waals surface area contributed by atoms with Crippen LogP contribution in [0, 0.1) is 5.92 Å². The topological polar surface area (TPSA) is 57.8 Å². The fraction of sp³-hybridized carbons (Fsp3) is 0.600. The minimum absolute atomic E-state index is 0.0408. The molecule has 0 aliphatic heterocycles. The molecule has 0 unspecified atom stereocenters. The van der Waals surface area contributed by atoms with Crippen molar-refractivity contribution in [3.05, 3.63) is 27.9 Å². The van der Waals surface area contributed by atoms with E-state index in [1.165, 1.54) is 12.8 Å². The molecular formula is C10H15N3O. The Morgan fingerprint density at radius 3 is 3.07 bits per heavy atom. The molecule has 1 aliphatic carbocycles. The fourth-order valence-electron chi connectivity index (χ4n) is 1.53. The van der Waals surface area contributed by atoms with Crippen molar-refractivity contribution >= 4 is 0 Å². The lowest BCUT2D eigenvalue weighted by molar-refractivity contribution is 0.724. The molecular weight excluding hydrogens is 178 g/mol. The van der Waals surface area contributed by atoms with E-state index >= 15 is 0 Å². The van der Waals surface area contributed by atoms with Gasteiger partial charge in [0.05, 0.1) is 5.69 Å². The Hall–Kier alpha value is -1.16. The molecule has 1 fully saturated rings. The highest BCUT2D eigenvalue weighted by atomic mass is 16.1. The summed E-state index contributed by atoms with van der Waals surface area (Å²) in [5, 5.41) is 2.99. The third-order valence-corrected chi connectivity index (χ3v) is 2.38. The van der Waals surface area contributed by atoms with Crippen molar-refractivity contribution in [3.8, 4) is 0 Å². The summed E-state index contributed by atoms with van der Waals surface area (Å²) < 4.78 is 0. The van der Waals surface area contributed by atoms with Crippen LogP contribution in [-0.4, -0.2) is 17.0 Å². The zero-order valence-corrected chi connectivity index (χ0v) is 8.34. The van der Waals surface area contributed by atoms with Crippen LogP contribution in [0.4, 0.5) is 0 Å². The molecule has 2 N–H and O–H groups in total. The van der Waals surface area contributed by atoms with Crippen LogP contribution in [0.1, 0.15) is 24.4 Å². The van der Waals surface area contributed by atoms with Gasteiger partial charge in [0.25, 0.3) is 5.56 Å². The number of hydrogen-bond acceptors (Lipinski definition) is 3. The Bertz CT molecular complexity index is 368. The Kier molecular flexibility index (Phi) is 2.63. The third kappa shape index (κ3) is 2.42. The van der Waals surface area contributed by atoms with Crippen molar-refractivity contribution in [1.82, 2.24) is 15.3 Å². The van der Waals surface area contributed by atoms with Crippen LogP contribution >= 0.6 is 0 Å². The minimum Gasteiger partial charge on any atom is -0.314 e. The van der Waals surface area contributed by atoms with Crippen molar-refractivity contribution in [1.29, 1.82) is 0 Å². The quantitative estimate of drug-likeness (QED) is 0.729. The Labute approximate surface area is 82.8 Å². The maximum atomic E-state index is 11.3. The molecule has 4 nitrogen and oxygen atoms in total. The lowest BCUT2D eigenvalue weighted by atomic mass is 10.2. The molecule has 1 aromatic heterocycles. The Balaban J connectivity index is 2.16. The van der Waals surface area contributed by atoms with Gasteiger partial charge < -0.3 is 10.3 Å². The molecule has 0 amide bonds. The van der Waals surface area contributed by atoms with Gasteiger partial charge in [0.2, 0.25) is 0 Å². The van der Waals surface area contributed by atoms with Crippen molar-refractivity contribution < 1.29 is 0 Å². The molecule has 4 heteroatoms. The third-order valence-electron chi connectivity index (χ3n) is 2.38. The molecule has 1 saturated carbocycles. The number of aromatic amines is 1. The van der Waals surface area contributed by atoms with Gasteiger partial charge in [-0.2, -0.15) is 0 Å². The van der Waals surface area contributed by atoms with Crippen LogP contribution in [0.3, 0.4) is 0 Å². The number of aromatic nitrogens is 2. The summed E-state index contributed by atoms with van der Waals surface area (Å²) in [5.74, 6) is 1.59. The first-order valence-corrected chi connectivity index (χ1v) is 5.01. The lowest BCUT2D eigenvalue weighted by Gasteiger charge is -2.02. The van der Waals surface area contributed by atoms with Crippen molar-refractivity contribution in [2.24, 2.45) is 5.92 Å². The molecule has 2 rings (SSSR count). The van der Waals surface area contributed by atoms with Gasteiger partial charge in [0.1, 0.15) is 5.82 Å². The van der Waals surface area contributed by atoms with E-state index < -0.39 is 0 Å². The first-order chi connectivity index (χ1) is 6.78. The van der Waals surface area contributed by atoms with Gasteiger partial charge in [-0.15, -0.1) is 0 Å². The summed E-state index contributed by atoms with van der Waals surface area (Å²) in [4.78, 5) is 18.4. The van der Waals surface area contributed by atoms with E-state index in [2.05, 4.69) is 15.3 Å². The molecule has 1 heterocycles. The second-order valence-corrected chi connectivity index (χ2v) is 3.86. The van der Waals surface area contributed by atoms with E-state index in [-0.39, 0.29) is 5.56 Å². The number of H-pyrrole nitrogens is 1. The van der Waals surface area contributed by atoms with Gasteiger partial charge in [-0.3, -0.25) is 4.79 Å². The second kappa shape index (κ2) is 3.92. The van der Waals surface area contributed by atoms with E-state index in [4.69, 9.17) is 0 Å². The van der Waals surface area contributed by atoms with Crippen LogP contribution in [0.15, 0.2) is 10.9 Å². The van der Waals surface area contributed by atoms with Crippen molar-refractivity contribution in [3.63, 3.8) is 0 Å². The largest absolute Gasteiger partial charge is 0.314 e. The van der Waals surface area contributed by atoms with Gasteiger partial charge in [0, 0.05) is 19.0 Å². The number of nitrogens with one attached hydrogen (secondary N) is 2. The van der Waals surface area contributed by atoms with E-state index in [0.29, 0.717) is 6.54 Å². The molecule has 0 atom stereocenters. The zero-order valence-electron chi connectivity index (χ0n) is 8.34. The van der Waals surface area contributed by atoms with Gasteiger partial charge >= 0.3 is 0 Å². The first-order valence-electron chi connectivity index (χ1n) is 5.01. The van der Waals surface area contributed by atoms with Gasteiger partial charge in [-0.25, -0.2) is 4.98 Å². The molecule has 0 radical (unpaired) electrons. The molecule has 76 valence electrons. The highest BCUT2D eigenvalue weighted by molar-refractivity contribution is 5.04. The van der Waals surface area contributed by atoms with Crippen molar-refractivity contribution in [2.45, 2.75) is 25.8 Å². The number of rotatable bonds is 4. The van der Waals surface area contributed by atoms with Gasteiger partial charge in [-0.05, 0) is 25.8 Å². The van der Waals surface area contributed by atoms with Crippen LogP contribution < -0.4 is 10.9 Å². The average Bonchev–Trinajstić information content (AvgIpc) is 2.87. The summed E-state index contributed by atoms with van der Waals surface area (Å²) in [7, 11) is 1.85. The predicted octanol–water partition coefficient (Wildman–Crippen LogP) is 0.442. The Morgan fingerprint density at radius 1 is 1.64 bits per heavy atom. The lowest BCUT2D eigenvalue weighted by Crippen LogP contribution is -2.16. The van der Waals surface area contributed by atoms with Gasteiger partial charge in [-0.1, -0.05) is 0 Å². The maximum absolute atomic E-state index is 11.3. The number of hydrogen-bond donors (Lipinski definition) is 2. The molecule has 0 bridgehead atoms. The van der Waals surface area contributed by atoms with Crippen LogP contribution in [0.5, 0.6) is 0 Å². The summed E-state index contributed by atoms with van der Waals surface area (Å²) in [6.45, 7) is 0.654. The Morgan fingerprint density at radius 2 is 2.43 bits per heavy atom. The smallest absolute Gasteiger partial charge is 0.251 e. The zero-order chi connectivity index (χ0) is 9.97. The summed E-state index contributed by atoms with van der Waals surface area (Å²) in [6.07, 6.45) is 3.48. The average molecular weight is 193 g/mol. The molecule has 0 saturated heterocycles. The van der Waals surface area contributed by atoms with E-state index in [1.807, 2.05) is 7.05 Å². The van der Waals surface area contributed by atoms with Crippen LogP contribution in [-0.2, 0) is 13.0 Å². The van der Waals surface area contributed by atoms with Crippen LogP contribution in [0.25, 0.3) is 0 Å².